The lowest BCUT2D eigenvalue weighted by Gasteiger charge is -2.06. The summed E-state index contributed by atoms with van der Waals surface area (Å²) < 4.78 is 0. The van der Waals surface area contributed by atoms with Crippen molar-refractivity contribution in [3.63, 3.8) is 0 Å². The fourth-order valence-electron chi connectivity index (χ4n) is 1.15. The van der Waals surface area contributed by atoms with E-state index in [4.69, 9.17) is 110 Å². The second-order valence-corrected chi connectivity index (χ2v) is 7.17. The number of halogens is 9. The fourth-order valence-corrected chi connectivity index (χ4v) is 3.07. The van der Waals surface area contributed by atoms with E-state index in [1.165, 1.54) is 6.07 Å². The molecule has 2 rings (SSSR count). The molecule has 0 aliphatic rings. The van der Waals surface area contributed by atoms with Gasteiger partial charge in [0.25, 0.3) is 0 Å². The van der Waals surface area contributed by atoms with E-state index < -0.39 is 0 Å². The predicted octanol–water partition coefficient (Wildman–Crippen LogP) is 8.67. The number of rotatable bonds is 0. The first-order valence-corrected chi connectivity index (χ1v) is 8.63. The molecule has 0 fully saturated rings. The van der Waals surface area contributed by atoms with Crippen LogP contribution in [0.5, 0.6) is 11.5 Å². The van der Waals surface area contributed by atoms with Crippen molar-refractivity contribution in [2.24, 2.45) is 0 Å². The largest absolute Gasteiger partial charge is 0.506 e. The van der Waals surface area contributed by atoms with Crippen LogP contribution in [0.4, 0.5) is 0 Å². The molecular formula is C12H3Cl9O2. The molecular weight excluding hydrogens is 495 g/mol. The van der Waals surface area contributed by atoms with Crippen molar-refractivity contribution >= 4 is 104 Å². The van der Waals surface area contributed by atoms with Gasteiger partial charge in [0, 0.05) is 6.07 Å². The number of hydrogen-bond donors (Lipinski definition) is 2. The lowest BCUT2D eigenvalue weighted by Crippen LogP contribution is -1.78. The lowest BCUT2D eigenvalue weighted by atomic mass is 10.3. The van der Waals surface area contributed by atoms with Crippen LogP contribution >= 0.6 is 104 Å². The number of phenols is 2. The summed E-state index contributed by atoms with van der Waals surface area (Å²) in [5, 5.41) is 18.5. The molecule has 0 aliphatic carbocycles. The maximum atomic E-state index is 9.20. The summed E-state index contributed by atoms with van der Waals surface area (Å²) >= 11 is 50.2. The Morgan fingerprint density at radius 2 is 0.826 bits per heavy atom. The molecule has 126 valence electrons. The Kier molecular flexibility index (Phi) is 8.34. The van der Waals surface area contributed by atoms with Crippen LogP contribution in [0.25, 0.3) is 0 Å². The zero-order valence-corrected chi connectivity index (χ0v) is 17.2. The minimum absolute atomic E-state index is 0.00904. The fraction of sp³-hybridized carbons (Fsp3) is 0. The average Bonchev–Trinajstić information content (AvgIpc) is 2.53. The highest BCUT2D eigenvalue weighted by atomic mass is 35.5. The van der Waals surface area contributed by atoms with Gasteiger partial charge in [-0.3, -0.25) is 0 Å². The second-order valence-electron chi connectivity index (χ2n) is 3.74. The molecule has 0 radical (unpaired) electrons. The molecule has 2 nitrogen and oxygen atoms in total. The molecule has 0 aliphatic heterocycles. The van der Waals surface area contributed by atoms with E-state index in [0.29, 0.717) is 0 Å². The highest BCUT2D eigenvalue weighted by Gasteiger charge is 2.18. The van der Waals surface area contributed by atoms with E-state index in [0.717, 1.165) is 0 Å². The number of hydrogen-bond acceptors (Lipinski definition) is 2. The molecule has 11 heteroatoms. The molecule has 0 saturated carbocycles. The Labute approximate surface area is 176 Å². The van der Waals surface area contributed by atoms with Crippen LogP contribution in [-0.4, -0.2) is 10.2 Å². The van der Waals surface area contributed by atoms with Gasteiger partial charge in [0.05, 0.1) is 30.1 Å². The van der Waals surface area contributed by atoms with Crippen LogP contribution < -0.4 is 0 Å². The van der Waals surface area contributed by atoms with Gasteiger partial charge in [0.2, 0.25) is 0 Å². The SMILES string of the molecule is Oc1c(Cl)c(Cl)c(Cl)c(Cl)c1Cl.Oc1cc(Cl)c(Cl)c(Cl)c1Cl. The Bertz CT molecular complexity index is 630. The second kappa shape index (κ2) is 8.84. The van der Waals surface area contributed by atoms with Gasteiger partial charge in [-0.2, -0.15) is 0 Å². The highest BCUT2D eigenvalue weighted by molar-refractivity contribution is 6.55. The highest BCUT2D eigenvalue weighted by Crippen LogP contribution is 2.47. The minimum atomic E-state index is -0.363. The van der Waals surface area contributed by atoms with Crippen molar-refractivity contribution in [1.29, 1.82) is 0 Å². The first-order valence-electron chi connectivity index (χ1n) is 5.23. The molecule has 2 aromatic rings. The zero-order chi connectivity index (χ0) is 18.1. The van der Waals surface area contributed by atoms with Crippen molar-refractivity contribution in [1.82, 2.24) is 0 Å². The van der Waals surface area contributed by atoms with Crippen molar-refractivity contribution in [3.05, 3.63) is 51.3 Å². The van der Waals surface area contributed by atoms with E-state index >= 15 is 0 Å². The van der Waals surface area contributed by atoms with Gasteiger partial charge < -0.3 is 10.2 Å². The predicted molar refractivity (Wildman–Crippen MR) is 101 cm³/mol. The summed E-state index contributed by atoms with van der Waals surface area (Å²) in [6, 6.07) is 1.23. The molecule has 0 heterocycles. The van der Waals surface area contributed by atoms with E-state index in [2.05, 4.69) is 0 Å². The van der Waals surface area contributed by atoms with Crippen LogP contribution in [0.3, 0.4) is 0 Å². The van der Waals surface area contributed by atoms with Crippen LogP contribution in [0.2, 0.25) is 45.2 Å². The van der Waals surface area contributed by atoms with Gasteiger partial charge >= 0.3 is 0 Å². The molecule has 23 heavy (non-hydrogen) atoms. The third-order valence-electron chi connectivity index (χ3n) is 2.27. The van der Waals surface area contributed by atoms with Crippen molar-refractivity contribution in [2.45, 2.75) is 0 Å². The standard InChI is InChI=1S/C6HCl5O.C6H2Cl4O/c7-1-2(8)4(10)6(12)5(11)3(1)9;7-2-1-3(11)5(9)6(10)4(2)8/h12H;1,11H. The average molecular weight is 498 g/mol. The Morgan fingerprint density at radius 1 is 0.478 bits per heavy atom. The summed E-state index contributed by atoms with van der Waals surface area (Å²) in [7, 11) is 0. The van der Waals surface area contributed by atoms with Gasteiger partial charge in [-0.15, -0.1) is 0 Å². The van der Waals surface area contributed by atoms with Crippen molar-refractivity contribution in [3.8, 4) is 11.5 Å². The topological polar surface area (TPSA) is 40.5 Å². The van der Waals surface area contributed by atoms with Gasteiger partial charge in [-0.1, -0.05) is 104 Å². The third kappa shape index (κ3) is 4.84. The molecule has 0 unspecified atom stereocenters. The maximum absolute atomic E-state index is 9.20. The van der Waals surface area contributed by atoms with Crippen LogP contribution in [0, 0.1) is 0 Å². The molecule has 0 saturated heterocycles. The molecule has 0 aromatic heterocycles. The van der Waals surface area contributed by atoms with E-state index in [9.17, 15) is 5.11 Å². The Balaban J connectivity index is 0.000000231. The summed E-state index contributed by atoms with van der Waals surface area (Å²) in [6.07, 6.45) is 0. The van der Waals surface area contributed by atoms with Gasteiger partial charge in [0.1, 0.15) is 20.8 Å². The van der Waals surface area contributed by atoms with Crippen LogP contribution in [0.1, 0.15) is 0 Å². The zero-order valence-electron chi connectivity index (χ0n) is 10.4. The van der Waals surface area contributed by atoms with E-state index in [1.54, 1.807) is 0 Å². The first kappa shape index (κ1) is 21.7. The molecule has 2 N–H and O–H groups in total. The first-order chi connectivity index (χ1) is 10.5. The van der Waals surface area contributed by atoms with Crippen LogP contribution in [-0.2, 0) is 0 Å². The summed E-state index contributed by atoms with van der Waals surface area (Å²) in [5.41, 5.74) is 0. The lowest BCUT2D eigenvalue weighted by molar-refractivity contribution is 0.475. The minimum Gasteiger partial charge on any atom is -0.506 e. The van der Waals surface area contributed by atoms with Gasteiger partial charge in [-0.25, -0.2) is 0 Å². The molecule has 0 amide bonds. The van der Waals surface area contributed by atoms with E-state index in [-0.39, 0.29) is 56.7 Å². The number of phenolic OH excluding ortho intramolecular Hbond substituents is 2. The van der Waals surface area contributed by atoms with Gasteiger partial charge in [0.15, 0.2) is 5.75 Å². The summed E-state index contributed by atoms with van der Waals surface area (Å²) in [6.45, 7) is 0. The Hall–Kier alpha value is 0.650. The maximum Gasteiger partial charge on any atom is 0.155 e. The summed E-state index contributed by atoms with van der Waals surface area (Å²) in [5.74, 6) is -0.538. The normalized spacial score (nSPS) is 10.3. The molecule has 0 atom stereocenters. The van der Waals surface area contributed by atoms with E-state index in [1.807, 2.05) is 0 Å². The number of aromatic hydroxyl groups is 2. The van der Waals surface area contributed by atoms with Crippen molar-refractivity contribution < 1.29 is 10.2 Å². The monoisotopic (exact) mass is 494 g/mol. The molecule has 2 aromatic carbocycles. The Morgan fingerprint density at radius 3 is 1.26 bits per heavy atom. The van der Waals surface area contributed by atoms with Crippen molar-refractivity contribution in [2.75, 3.05) is 0 Å². The number of benzene rings is 2. The van der Waals surface area contributed by atoms with Crippen LogP contribution in [0.15, 0.2) is 6.07 Å². The molecule has 0 spiro atoms. The quantitative estimate of drug-likeness (QED) is 0.282. The smallest absolute Gasteiger partial charge is 0.155 e. The third-order valence-corrected chi connectivity index (χ3v) is 6.27. The molecule has 0 bridgehead atoms. The summed E-state index contributed by atoms with van der Waals surface area (Å²) in [4.78, 5) is 0. The van der Waals surface area contributed by atoms with Gasteiger partial charge in [-0.05, 0) is 0 Å².